The van der Waals surface area contributed by atoms with Crippen molar-refractivity contribution in [1.82, 2.24) is 25.0 Å². The lowest BCUT2D eigenvalue weighted by Crippen LogP contribution is -2.52. The third kappa shape index (κ3) is 5.45. The number of amides is 1. The number of carbonyl (C=O) groups excluding carboxylic acids is 1. The zero-order valence-corrected chi connectivity index (χ0v) is 15.9. The first-order valence-corrected chi connectivity index (χ1v) is 9.16. The number of aliphatic imine (C=N–C) groups is 1. The number of hydrogen-bond donors (Lipinski definition) is 1. The van der Waals surface area contributed by atoms with Crippen molar-refractivity contribution in [3.8, 4) is 0 Å². The summed E-state index contributed by atoms with van der Waals surface area (Å²) in [5.41, 5.74) is 1.06. The first kappa shape index (κ1) is 18.7. The van der Waals surface area contributed by atoms with Crippen LogP contribution in [-0.4, -0.2) is 85.4 Å². The minimum atomic E-state index is 0.189. The van der Waals surface area contributed by atoms with Gasteiger partial charge < -0.3 is 15.1 Å². The Balaban J connectivity index is 1.74. The van der Waals surface area contributed by atoms with Gasteiger partial charge in [-0.25, -0.2) is 4.98 Å². The third-order valence-electron chi connectivity index (χ3n) is 4.09. The number of piperazine rings is 1. The van der Waals surface area contributed by atoms with Gasteiger partial charge in [-0.3, -0.25) is 14.7 Å². The van der Waals surface area contributed by atoms with Crippen LogP contribution in [-0.2, 0) is 11.3 Å². The van der Waals surface area contributed by atoms with E-state index in [1.54, 1.807) is 30.3 Å². The van der Waals surface area contributed by atoms with Crippen molar-refractivity contribution in [2.75, 3.05) is 53.9 Å². The molecule has 0 saturated carbocycles. The number of guanidine groups is 1. The van der Waals surface area contributed by atoms with Crippen molar-refractivity contribution < 1.29 is 4.79 Å². The van der Waals surface area contributed by atoms with Gasteiger partial charge in [0.2, 0.25) is 5.91 Å². The molecule has 1 N–H and O–H groups in total. The molecule has 1 aromatic heterocycles. The molecule has 8 heteroatoms. The normalized spacial score (nSPS) is 16.3. The van der Waals surface area contributed by atoms with Gasteiger partial charge in [0.1, 0.15) is 5.01 Å². The highest BCUT2D eigenvalue weighted by Gasteiger charge is 2.20. The van der Waals surface area contributed by atoms with Crippen LogP contribution in [0.4, 0.5) is 0 Å². The van der Waals surface area contributed by atoms with Crippen molar-refractivity contribution >= 4 is 23.2 Å². The second-order valence-electron chi connectivity index (χ2n) is 6.15. The quantitative estimate of drug-likeness (QED) is 0.622. The summed E-state index contributed by atoms with van der Waals surface area (Å²) in [5, 5.41) is 6.53. The largest absolute Gasteiger partial charge is 0.350 e. The smallest absolute Gasteiger partial charge is 0.223 e. The van der Waals surface area contributed by atoms with Crippen LogP contribution in [0.2, 0.25) is 0 Å². The fraction of sp³-hybridized carbons (Fsp3) is 0.688. The molecule has 1 aromatic rings. The van der Waals surface area contributed by atoms with Gasteiger partial charge in [-0.05, 0) is 6.92 Å². The first-order chi connectivity index (χ1) is 11.5. The average molecular weight is 353 g/mol. The van der Waals surface area contributed by atoms with Crippen LogP contribution in [0.25, 0.3) is 0 Å². The summed E-state index contributed by atoms with van der Waals surface area (Å²) in [6, 6.07) is 0. The summed E-state index contributed by atoms with van der Waals surface area (Å²) < 4.78 is 0. The number of carbonyl (C=O) groups is 1. The Morgan fingerprint density at radius 3 is 2.62 bits per heavy atom. The molecule has 0 bridgehead atoms. The Morgan fingerprint density at radius 1 is 1.38 bits per heavy atom. The summed E-state index contributed by atoms with van der Waals surface area (Å²) in [4.78, 5) is 26.8. The van der Waals surface area contributed by atoms with E-state index in [0.29, 0.717) is 13.0 Å². The zero-order chi connectivity index (χ0) is 17.5. The number of thiazole rings is 1. The molecule has 24 heavy (non-hydrogen) atoms. The zero-order valence-electron chi connectivity index (χ0n) is 15.1. The van der Waals surface area contributed by atoms with Crippen LogP contribution in [0, 0.1) is 6.92 Å². The van der Waals surface area contributed by atoms with E-state index in [-0.39, 0.29) is 5.91 Å². The molecule has 1 saturated heterocycles. The standard InChI is InChI=1S/C16H28N6OS/c1-13-12-24-14(19-13)11-18-16(17-2)22-9-7-21(8-10-22)6-5-15(23)20(3)4/h12H,5-11H2,1-4H3,(H,17,18). The monoisotopic (exact) mass is 352 g/mol. The molecule has 1 amide bonds. The number of aryl methyl sites for hydroxylation is 1. The van der Waals surface area contributed by atoms with Gasteiger partial charge in [0, 0.05) is 71.4 Å². The Bertz CT molecular complexity index is 563. The molecule has 7 nitrogen and oxygen atoms in total. The predicted octanol–water partition coefficient (Wildman–Crippen LogP) is 0.623. The second-order valence-corrected chi connectivity index (χ2v) is 7.09. The predicted molar refractivity (Wildman–Crippen MR) is 98.4 cm³/mol. The van der Waals surface area contributed by atoms with Crippen molar-refractivity contribution in [2.24, 2.45) is 4.99 Å². The van der Waals surface area contributed by atoms with Crippen LogP contribution >= 0.6 is 11.3 Å². The summed E-state index contributed by atoms with van der Waals surface area (Å²) in [7, 11) is 5.43. The van der Waals surface area contributed by atoms with Gasteiger partial charge in [0.25, 0.3) is 0 Å². The van der Waals surface area contributed by atoms with Crippen molar-refractivity contribution in [1.29, 1.82) is 0 Å². The maximum absolute atomic E-state index is 11.7. The SMILES string of the molecule is CN=C(NCc1nc(C)cs1)N1CCN(CCC(=O)N(C)C)CC1. The Morgan fingerprint density at radius 2 is 2.08 bits per heavy atom. The molecular formula is C16H28N6OS. The maximum atomic E-state index is 11.7. The summed E-state index contributed by atoms with van der Waals surface area (Å²) in [5.74, 6) is 1.11. The van der Waals surface area contributed by atoms with Crippen LogP contribution in [0.1, 0.15) is 17.1 Å². The Labute approximate surface area is 148 Å². The number of nitrogens with one attached hydrogen (secondary N) is 1. The first-order valence-electron chi connectivity index (χ1n) is 8.28. The number of hydrogen-bond acceptors (Lipinski definition) is 5. The molecule has 0 atom stereocenters. The highest BCUT2D eigenvalue weighted by atomic mass is 32.1. The molecule has 0 aromatic carbocycles. The van der Waals surface area contributed by atoms with Crippen molar-refractivity contribution in [3.05, 3.63) is 16.1 Å². The van der Waals surface area contributed by atoms with E-state index in [2.05, 4.69) is 30.5 Å². The molecule has 134 valence electrons. The van der Waals surface area contributed by atoms with Crippen molar-refractivity contribution in [2.45, 2.75) is 19.9 Å². The van der Waals surface area contributed by atoms with E-state index in [0.717, 1.165) is 49.4 Å². The van der Waals surface area contributed by atoms with Crippen LogP contribution in [0.3, 0.4) is 0 Å². The van der Waals surface area contributed by atoms with Crippen LogP contribution in [0.5, 0.6) is 0 Å². The average Bonchev–Trinajstić information content (AvgIpc) is 2.99. The Kier molecular flexibility index (Phi) is 6.99. The second kappa shape index (κ2) is 8.98. The lowest BCUT2D eigenvalue weighted by Gasteiger charge is -2.36. The minimum Gasteiger partial charge on any atom is -0.350 e. The van der Waals surface area contributed by atoms with Gasteiger partial charge >= 0.3 is 0 Å². The Hall–Kier alpha value is -1.67. The van der Waals surface area contributed by atoms with E-state index in [1.165, 1.54) is 0 Å². The fourth-order valence-corrected chi connectivity index (χ4v) is 3.34. The fourth-order valence-electron chi connectivity index (χ4n) is 2.63. The summed E-state index contributed by atoms with van der Waals surface area (Å²) in [6.45, 7) is 7.31. The number of rotatable bonds is 5. The van der Waals surface area contributed by atoms with Crippen LogP contribution < -0.4 is 5.32 Å². The minimum absolute atomic E-state index is 0.189. The van der Waals surface area contributed by atoms with Gasteiger partial charge in [-0.2, -0.15) is 0 Å². The topological polar surface area (TPSA) is 64.1 Å². The molecule has 1 fully saturated rings. The van der Waals surface area contributed by atoms with Gasteiger partial charge in [-0.1, -0.05) is 0 Å². The van der Waals surface area contributed by atoms with Gasteiger partial charge in [0.15, 0.2) is 5.96 Å². The maximum Gasteiger partial charge on any atom is 0.223 e. The van der Waals surface area contributed by atoms with E-state index >= 15 is 0 Å². The van der Waals surface area contributed by atoms with E-state index in [1.807, 2.05) is 14.0 Å². The highest BCUT2D eigenvalue weighted by Crippen LogP contribution is 2.09. The molecule has 0 radical (unpaired) electrons. The van der Waals surface area contributed by atoms with Crippen LogP contribution in [0.15, 0.2) is 10.4 Å². The van der Waals surface area contributed by atoms with E-state index in [4.69, 9.17) is 0 Å². The molecular weight excluding hydrogens is 324 g/mol. The van der Waals surface area contributed by atoms with E-state index < -0.39 is 0 Å². The molecule has 0 spiro atoms. The van der Waals surface area contributed by atoms with Gasteiger partial charge in [-0.15, -0.1) is 11.3 Å². The summed E-state index contributed by atoms with van der Waals surface area (Å²) in [6.07, 6.45) is 0.587. The molecule has 0 aliphatic carbocycles. The number of nitrogens with zero attached hydrogens (tertiary/aromatic N) is 5. The molecule has 0 unspecified atom stereocenters. The van der Waals surface area contributed by atoms with Gasteiger partial charge in [0.05, 0.1) is 6.54 Å². The lowest BCUT2D eigenvalue weighted by molar-refractivity contribution is -0.129. The number of aromatic nitrogens is 1. The van der Waals surface area contributed by atoms with E-state index in [9.17, 15) is 4.79 Å². The summed E-state index contributed by atoms with van der Waals surface area (Å²) >= 11 is 1.67. The lowest BCUT2D eigenvalue weighted by atomic mass is 10.3. The molecule has 1 aliphatic rings. The van der Waals surface area contributed by atoms with Crippen molar-refractivity contribution in [3.63, 3.8) is 0 Å². The highest BCUT2D eigenvalue weighted by molar-refractivity contribution is 7.09. The molecule has 2 rings (SSSR count). The molecule has 2 heterocycles. The molecule has 1 aliphatic heterocycles. The third-order valence-corrected chi connectivity index (χ3v) is 5.06.